The first kappa shape index (κ1) is 12.9. The summed E-state index contributed by atoms with van der Waals surface area (Å²) in [6, 6.07) is 8.85. The summed E-state index contributed by atoms with van der Waals surface area (Å²) >= 11 is 0. The molecule has 1 aromatic heterocycles. The smallest absolute Gasteiger partial charge is 0.170 e. The maximum Gasteiger partial charge on any atom is 0.170 e. The number of aromatic nitrogens is 1. The lowest BCUT2D eigenvalue weighted by atomic mass is 9.92. The van der Waals surface area contributed by atoms with Crippen molar-refractivity contribution in [2.75, 3.05) is 5.73 Å². The van der Waals surface area contributed by atoms with Gasteiger partial charge in [-0.25, -0.2) is 0 Å². The molecule has 0 spiro atoms. The third kappa shape index (κ3) is 1.98. The molecule has 110 valence electrons. The minimum atomic E-state index is 0.493. The first-order valence-electron chi connectivity index (χ1n) is 7.98. The van der Waals surface area contributed by atoms with E-state index in [9.17, 15) is 0 Å². The molecule has 2 aromatic rings. The summed E-state index contributed by atoms with van der Waals surface area (Å²) in [5.74, 6) is 4.06. The Morgan fingerprint density at radius 2 is 2.10 bits per heavy atom. The second-order valence-electron chi connectivity index (χ2n) is 6.96. The first-order chi connectivity index (χ1) is 10.2. The number of aryl methyl sites for hydroxylation is 1. The van der Waals surface area contributed by atoms with E-state index in [1.807, 2.05) is 0 Å². The van der Waals surface area contributed by atoms with Crippen molar-refractivity contribution >= 4 is 5.82 Å². The Bertz CT molecular complexity index is 674. The molecule has 21 heavy (non-hydrogen) atoms. The molecule has 0 aliphatic heterocycles. The predicted octanol–water partition coefficient (Wildman–Crippen LogP) is 3.90. The zero-order valence-corrected chi connectivity index (χ0v) is 12.7. The second-order valence-corrected chi connectivity index (χ2v) is 6.96. The highest BCUT2D eigenvalue weighted by Crippen LogP contribution is 2.65. The third-order valence-corrected chi connectivity index (χ3v) is 5.09. The van der Waals surface area contributed by atoms with Crippen molar-refractivity contribution in [3.8, 4) is 0 Å². The van der Waals surface area contributed by atoms with Crippen LogP contribution in [0.2, 0.25) is 0 Å². The van der Waals surface area contributed by atoms with Gasteiger partial charge in [-0.15, -0.1) is 0 Å². The standard InChI is InChI=1S/C18H22N2O/c1-10(2)9-14-17(21-20-18(14)19)16-13-8-7-11-5-3-4-6-12(11)15(13)16/h3-6,10,13,15-16H,7-9H2,1-2H3,(H2,19,20). The Morgan fingerprint density at radius 3 is 2.90 bits per heavy atom. The molecule has 2 aliphatic carbocycles. The summed E-state index contributed by atoms with van der Waals surface area (Å²) < 4.78 is 5.65. The SMILES string of the molecule is CC(C)Cc1c(N)noc1C1C2CCc3ccccc3C21. The molecular formula is C18H22N2O. The summed E-state index contributed by atoms with van der Waals surface area (Å²) in [5.41, 5.74) is 10.2. The second kappa shape index (κ2) is 4.62. The molecule has 0 saturated heterocycles. The maximum atomic E-state index is 6.03. The number of nitrogens with zero attached hydrogens (tertiary/aromatic N) is 1. The molecule has 0 bridgehead atoms. The van der Waals surface area contributed by atoms with Crippen LogP contribution in [0.4, 0.5) is 5.82 Å². The fourth-order valence-electron chi connectivity index (χ4n) is 4.13. The van der Waals surface area contributed by atoms with Gasteiger partial charge in [-0.1, -0.05) is 43.3 Å². The van der Waals surface area contributed by atoms with Crippen molar-refractivity contribution in [2.24, 2.45) is 11.8 Å². The summed E-state index contributed by atoms with van der Waals surface area (Å²) in [6.45, 7) is 4.43. The van der Waals surface area contributed by atoms with Gasteiger partial charge in [0, 0.05) is 11.5 Å². The zero-order valence-electron chi connectivity index (χ0n) is 12.7. The number of fused-ring (bicyclic) bond motifs is 3. The molecule has 3 atom stereocenters. The fraction of sp³-hybridized carbons (Fsp3) is 0.500. The lowest BCUT2D eigenvalue weighted by Crippen LogP contribution is -2.00. The minimum Gasteiger partial charge on any atom is -0.381 e. The van der Waals surface area contributed by atoms with E-state index >= 15 is 0 Å². The monoisotopic (exact) mass is 282 g/mol. The van der Waals surface area contributed by atoms with Crippen LogP contribution in [-0.4, -0.2) is 5.16 Å². The van der Waals surface area contributed by atoms with Crippen LogP contribution in [0.1, 0.15) is 54.6 Å². The number of nitrogens with two attached hydrogens (primary N) is 1. The largest absolute Gasteiger partial charge is 0.381 e. The highest BCUT2D eigenvalue weighted by Gasteiger charge is 2.56. The number of nitrogen functional groups attached to an aromatic ring is 1. The summed E-state index contributed by atoms with van der Waals surface area (Å²) in [5, 5.41) is 4.05. The zero-order chi connectivity index (χ0) is 14.6. The first-order valence-corrected chi connectivity index (χ1v) is 7.98. The van der Waals surface area contributed by atoms with Gasteiger partial charge in [0.2, 0.25) is 0 Å². The molecule has 2 N–H and O–H groups in total. The van der Waals surface area contributed by atoms with Crippen LogP contribution >= 0.6 is 0 Å². The molecule has 4 rings (SSSR count). The van der Waals surface area contributed by atoms with Gasteiger partial charge in [0.1, 0.15) is 5.76 Å². The van der Waals surface area contributed by atoms with Crippen LogP contribution in [-0.2, 0) is 12.8 Å². The summed E-state index contributed by atoms with van der Waals surface area (Å²) in [4.78, 5) is 0. The number of hydrogen-bond acceptors (Lipinski definition) is 3. The molecule has 2 aliphatic rings. The molecule has 3 nitrogen and oxygen atoms in total. The molecule has 0 amide bonds. The fourth-order valence-corrected chi connectivity index (χ4v) is 4.13. The Balaban J connectivity index is 1.69. The Labute approximate surface area is 125 Å². The van der Waals surface area contributed by atoms with Gasteiger partial charge < -0.3 is 10.3 Å². The summed E-state index contributed by atoms with van der Waals surface area (Å²) in [6.07, 6.45) is 3.41. The highest BCUT2D eigenvalue weighted by molar-refractivity contribution is 5.49. The molecule has 3 unspecified atom stereocenters. The number of benzene rings is 1. The van der Waals surface area contributed by atoms with Crippen molar-refractivity contribution in [1.29, 1.82) is 0 Å². The van der Waals surface area contributed by atoms with E-state index < -0.39 is 0 Å². The molecule has 1 aromatic carbocycles. The van der Waals surface area contributed by atoms with Crippen molar-refractivity contribution in [2.45, 2.75) is 44.9 Å². The van der Waals surface area contributed by atoms with Crippen molar-refractivity contribution < 1.29 is 4.52 Å². The van der Waals surface area contributed by atoms with E-state index in [1.54, 1.807) is 0 Å². The van der Waals surface area contributed by atoms with Gasteiger partial charge >= 0.3 is 0 Å². The van der Waals surface area contributed by atoms with Gasteiger partial charge in [0.15, 0.2) is 5.82 Å². The van der Waals surface area contributed by atoms with E-state index in [2.05, 4.69) is 43.3 Å². The van der Waals surface area contributed by atoms with Crippen LogP contribution in [0.5, 0.6) is 0 Å². The van der Waals surface area contributed by atoms with Crippen molar-refractivity contribution in [3.63, 3.8) is 0 Å². The van der Waals surface area contributed by atoms with E-state index in [-0.39, 0.29) is 0 Å². The van der Waals surface area contributed by atoms with Crippen LogP contribution in [0.3, 0.4) is 0 Å². The molecule has 3 heteroatoms. The Morgan fingerprint density at radius 1 is 1.29 bits per heavy atom. The Hall–Kier alpha value is -1.77. The molecule has 0 radical (unpaired) electrons. The number of anilines is 1. The average Bonchev–Trinajstić information content (AvgIpc) is 3.11. The molecule has 1 heterocycles. The third-order valence-electron chi connectivity index (χ3n) is 5.09. The van der Waals surface area contributed by atoms with Gasteiger partial charge in [0.05, 0.1) is 0 Å². The predicted molar refractivity (Wildman–Crippen MR) is 83.2 cm³/mol. The molecular weight excluding hydrogens is 260 g/mol. The van der Waals surface area contributed by atoms with Gasteiger partial charge in [-0.3, -0.25) is 0 Å². The van der Waals surface area contributed by atoms with E-state index in [1.165, 1.54) is 24.0 Å². The number of rotatable bonds is 3. The lowest BCUT2D eigenvalue weighted by molar-refractivity contribution is 0.379. The van der Waals surface area contributed by atoms with Crippen LogP contribution < -0.4 is 5.73 Å². The quantitative estimate of drug-likeness (QED) is 0.929. The topological polar surface area (TPSA) is 52.0 Å². The highest BCUT2D eigenvalue weighted by atomic mass is 16.5. The van der Waals surface area contributed by atoms with Crippen LogP contribution in [0.25, 0.3) is 0 Å². The number of hydrogen-bond donors (Lipinski definition) is 1. The van der Waals surface area contributed by atoms with Crippen LogP contribution in [0, 0.1) is 11.8 Å². The van der Waals surface area contributed by atoms with Gasteiger partial charge in [-0.05, 0) is 48.1 Å². The van der Waals surface area contributed by atoms with Gasteiger partial charge in [0.25, 0.3) is 0 Å². The van der Waals surface area contributed by atoms with E-state index in [4.69, 9.17) is 10.3 Å². The van der Waals surface area contributed by atoms with Crippen molar-refractivity contribution in [1.82, 2.24) is 5.16 Å². The average molecular weight is 282 g/mol. The molecule has 1 saturated carbocycles. The van der Waals surface area contributed by atoms with Crippen molar-refractivity contribution in [3.05, 3.63) is 46.7 Å². The van der Waals surface area contributed by atoms with Gasteiger partial charge in [-0.2, -0.15) is 0 Å². The lowest BCUT2D eigenvalue weighted by Gasteiger charge is -2.13. The molecule has 1 fully saturated rings. The van der Waals surface area contributed by atoms with E-state index in [0.29, 0.717) is 23.6 Å². The Kier molecular flexibility index (Phi) is 2.84. The maximum absolute atomic E-state index is 6.03. The minimum absolute atomic E-state index is 0.493. The summed E-state index contributed by atoms with van der Waals surface area (Å²) in [7, 11) is 0. The normalized spacial score (nSPS) is 26.5. The van der Waals surface area contributed by atoms with E-state index in [0.717, 1.165) is 23.7 Å². The van der Waals surface area contributed by atoms with Crippen LogP contribution in [0.15, 0.2) is 28.8 Å².